The van der Waals surface area contributed by atoms with E-state index in [4.69, 9.17) is 13.9 Å². The average molecular weight is 471 g/mol. The van der Waals surface area contributed by atoms with E-state index in [1.54, 1.807) is 13.3 Å². The first kappa shape index (κ1) is 23.0. The maximum absolute atomic E-state index is 12.5. The lowest BCUT2D eigenvalue weighted by Crippen LogP contribution is -2.52. The molecule has 0 unspecified atom stereocenters. The summed E-state index contributed by atoms with van der Waals surface area (Å²) in [6.45, 7) is 5.62. The van der Waals surface area contributed by atoms with Crippen LogP contribution in [0.25, 0.3) is 33.4 Å². The van der Waals surface area contributed by atoms with Gasteiger partial charge in [0.1, 0.15) is 16.9 Å². The van der Waals surface area contributed by atoms with Gasteiger partial charge in [0, 0.05) is 23.4 Å². The first-order valence-corrected chi connectivity index (χ1v) is 11.9. The summed E-state index contributed by atoms with van der Waals surface area (Å²) in [7, 11) is 1.62. The Morgan fingerprint density at radius 1 is 1.00 bits per heavy atom. The number of amides is 1. The van der Waals surface area contributed by atoms with Gasteiger partial charge in [-0.2, -0.15) is 0 Å². The number of furan rings is 1. The Hall–Kier alpha value is -3.80. The molecule has 0 atom stereocenters. The normalized spacial score (nSPS) is 14.9. The van der Waals surface area contributed by atoms with Crippen molar-refractivity contribution in [2.75, 3.05) is 7.11 Å². The van der Waals surface area contributed by atoms with Crippen LogP contribution in [0.3, 0.4) is 0 Å². The van der Waals surface area contributed by atoms with Crippen molar-refractivity contribution in [1.29, 1.82) is 0 Å². The molecule has 1 fully saturated rings. The second-order valence-corrected chi connectivity index (χ2v) is 10.0. The first-order valence-electron chi connectivity index (χ1n) is 11.9. The lowest BCUT2D eigenvalue weighted by atomic mass is 9.71. The maximum atomic E-state index is 12.5. The molecule has 5 rings (SSSR count). The zero-order chi connectivity index (χ0) is 24.6. The fourth-order valence-corrected chi connectivity index (χ4v) is 4.71. The minimum Gasteiger partial charge on any atom is -0.480 e. The summed E-state index contributed by atoms with van der Waals surface area (Å²) in [5, 5.41) is 3.98. The van der Waals surface area contributed by atoms with Gasteiger partial charge in [0.05, 0.1) is 18.0 Å². The highest BCUT2D eigenvalue weighted by atomic mass is 16.6. The molecule has 35 heavy (non-hydrogen) atoms. The van der Waals surface area contributed by atoms with Gasteiger partial charge in [-0.05, 0) is 51.2 Å². The van der Waals surface area contributed by atoms with Crippen LogP contribution in [0.15, 0.2) is 71.3 Å². The molecule has 4 aromatic rings. The van der Waals surface area contributed by atoms with Gasteiger partial charge < -0.3 is 19.2 Å². The molecule has 0 radical (unpaired) electrons. The van der Waals surface area contributed by atoms with Gasteiger partial charge >= 0.3 is 6.09 Å². The van der Waals surface area contributed by atoms with Crippen molar-refractivity contribution < 1.29 is 18.7 Å². The van der Waals surface area contributed by atoms with E-state index in [9.17, 15) is 4.79 Å². The third-order valence-corrected chi connectivity index (χ3v) is 6.47. The minimum absolute atomic E-state index is 0.385. The highest BCUT2D eigenvalue weighted by molar-refractivity contribution is 6.04. The van der Waals surface area contributed by atoms with Gasteiger partial charge in [0.2, 0.25) is 5.88 Å². The van der Waals surface area contributed by atoms with Crippen LogP contribution in [0.1, 0.15) is 45.6 Å². The van der Waals surface area contributed by atoms with Crippen molar-refractivity contribution in [1.82, 2.24) is 10.3 Å². The summed E-state index contributed by atoms with van der Waals surface area (Å²) >= 11 is 0. The smallest absolute Gasteiger partial charge is 0.408 e. The van der Waals surface area contributed by atoms with E-state index in [-0.39, 0.29) is 6.09 Å². The van der Waals surface area contributed by atoms with Crippen molar-refractivity contribution in [3.8, 4) is 28.3 Å². The zero-order valence-corrected chi connectivity index (χ0v) is 20.6. The number of fused-ring (bicyclic) bond motifs is 1. The number of ether oxygens (including phenoxy) is 2. The summed E-state index contributed by atoms with van der Waals surface area (Å²) in [5.41, 5.74) is 3.76. The number of benzene rings is 2. The summed E-state index contributed by atoms with van der Waals surface area (Å²) in [6.07, 6.45) is 4.13. The number of alkyl carbamates (subject to hydrolysis) is 1. The molecule has 6 heteroatoms. The fourth-order valence-electron chi connectivity index (χ4n) is 4.71. The van der Waals surface area contributed by atoms with Crippen LogP contribution in [0.4, 0.5) is 4.79 Å². The highest BCUT2D eigenvalue weighted by Crippen LogP contribution is 2.45. The minimum atomic E-state index is -0.538. The molecular formula is C29H30N2O4. The number of nitrogens with one attached hydrogen (secondary N) is 1. The van der Waals surface area contributed by atoms with Crippen LogP contribution in [-0.4, -0.2) is 23.8 Å². The topological polar surface area (TPSA) is 73.6 Å². The second kappa shape index (κ2) is 8.77. The number of nitrogens with zero attached hydrogens (tertiary/aromatic N) is 1. The van der Waals surface area contributed by atoms with Gasteiger partial charge in [0.25, 0.3) is 0 Å². The summed E-state index contributed by atoms with van der Waals surface area (Å²) in [4.78, 5) is 16.9. The molecule has 6 nitrogen and oxygen atoms in total. The Morgan fingerprint density at radius 2 is 1.71 bits per heavy atom. The number of carbonyl (C=O) groups excluding carboxylic acids is 1. The zero-order valence-electron chi connectivity index (χ0n) is 20.6. The van der Waals surface area contributed by atoms with Crippen LogP contribution >= 0.6 is 0 Å². The van der Waals surface area contributed by atoms with Crippen molar-refractivity contribution in [3.63, 3.8) is 0 Å². The molecule has 1 amide bonds. The van der Waals surface area contributed by atoms with Gasteiger partial charge in [-0.3, -0.25) is 0 Å². The van der Waals surface area contributed by atoms with E-state index in [1.807, 2.05) is 45.0 Å². The molecule has 0 spiro atoms. The molecule has 0 aliphatic heterocycles. The van der Waals surface area contributed by atoms with E-state index < -0.39 is 11.1 Å². The molecule has 2 aromatic heterocycles. The Bertz CT molecular complexity index is 1350. The number of aromatic nitrogens is 1. The summed E-state index contributed by atoms with van der Waals surface area (Å²) < 4.78 is 17.5. The van der Waals surface area contributed by atoms with Gasteiger partial charge in [-0.15, -0.1) is 0 Å². The standard InChI is InChI=1S/C29H30N2O4/c1-28(2,3)35-27(32)31-29(16-8-17-29)21-13-11-20(12-14-21)25-23(19-9-6-5-7-10-19)24-22(34-25)15-18-30-26(24)33-4/h5-7,9-15,18H,8,16-17H2,1-4H3,(H,31,32). The predicted octanol–water partition coefficient (Wildman–Crippen LogP) is 7.07. The van der Waals surface area contributed by atoms with Crippen LogP contribution in [0.5, 0.6) is 5.88 Å². The lowest BCUT2D eigenvalue weighted by molar-refractivity contribution is 0.0377. The number of pyridine rings is 1. The number of hydrogen-bond acceptors (Lipinski definition) is 5. The predicted molar refractivity (Wildman–Crippen MR) is 136 cm³/mol. The van der Waals surface area contributed by atoms with Crippen LogP contribution in [0.2, 0.25) is 0 Å². The molecule has 0 saturated heterocycles. The largest absolute Gasteiger partial charge is 0.480 e. The van der Waals surface area contributed by atoms with Crippen molar-refractivity contribution in [2.45, 2.75) is 51.2 Å². The molecule has 2 heterocycles. The molecule has 1 N–H and O–H groups in total. The van der Waals surface area contributed by atoms with Gasteiger partial charge in [-0.1, -0.05) is 54.6 Å². The van der Waals surface area contributed by atoms with Crippen LogP contribution in [-0.2, 0) is 10.3 Å². The summed E-state index contributed by atoms with van der Waals surface area (Å²) in [6, 6.07) is 20.2. The molecule has 2 aromatic carbocycles. The fraction of sp³-hybridized carbons (Fsp3) is 0.310. The Labute approximate surface area is 205 Å². The number of carbonyl (C=O) groups is 1. The Balaban J connectivity index is 1.54. The average Bonchev–Trinajstić information content (AvgIpc) is 3.21. The first-order chi connectivity index (χ1) is 16.8. The van der Waals surface area contributed by atoms with Crippen molar-refractivity contribution >= 4 is 17.1 Å². The van der Waals surface area contributed by atoms with E-state index >= 15 is 0 Å². The van der Waals surface area contributed by atoms with E-state index in [2.05, 4.69) is 46.7 Å². The van der Waals surface area contributed by atoms with E-state index in [1.165, 1.54) is 0 Å². The third kappa shape index (κ3) is 4.36. The SMILES string of the molecule is COc1nccc2oc(-c3ccc(C4(NC(=O)OC(C)(C)C)CCC4)cc3)c(-c3ccccc3)c12. The lowest BCUT2D eigenvalue weighted by Gasteiger charge is -2.43. The van der Waals surface area contributed by atoms with E-state index in [0.717, 1.165) is 58.2 Å². The summed E-state index contributed by atoms with van der Waals surface area (Å²) in [5.74, 6) is 1.29. The van der Waals surface area contributed by atoms with Gasteiger partial charge in [0.15, 0.2) is 0 Å². The van der Waals surface area contributed by atoms with Crippen molar-refractivity contribution in [3.05, 3.63) is 72.4 Å². The quantitative estimate of drug-likeness (QED) is 0.337. The number of methoxy groups -OCH3 is 1. The molecule has 0 bridgehead atoms. The molecule has 1 saturated carbocycles. The highest BCUT2D eigenvalue weighted by Gasteiger charge is 2.41. The van der Waals surface area contributed by atoms with Crippen molar-refractivity contribution in [2.24, 2.45) is 0 Å². The third-order valence-electron chi connectivity index (χ3n) is 6.47. The maximum Gasteiger partial charge on any atom is 0.408 e. The molecule has 1 aliphatic carbocycles. The van der Waals surface area contributed by atoms with Crippen LogP contribution in [0, 0.1) is 0 Å². The molecule has 180 valence electrons. The Morgan fingerprint density at radius 3 is 2.31 bits per heavy atom. The van der Waals surface area contributed by atoms with Crippen LogP contribution < -0.4 is 10.1 Å². The molecular weight excluding hydrogens is 440 g/mol. The number of rotatable bonds is 5. The van der Waals surface area contributed by atoms with E-state index in [0.29, 0.717) is 5.88 Å². The monoisotopic (exact) mass is 470 g/mol. The molecule has 1 aliphatic rings. The second-order valence-electron chi connectivity index (χ2n) is 10.0. The van der Waals surface area contributed by atoms with Gasteiger partial charge in [-0.25, -0.2) is 9.78 Å². The Kier molecular flexibility index (Phi) is 5.75. The number of hydrogen-bond donors (Lipinski definition) is 1.